The molecule has 21 heavy (non-hydrogen) atoms. The van der Waals surface area contributed by atoms with Crippen molar-refractivity contribution in [1.82, 2.24) is 19.6 Å². The van der Waals surface area contributed by atoms with Gasteiger partial charge in [-0.3, -0.25) is 9.20 Å². The lowest BCUT2D eigenvalue weighted by Crippen LogP contribution is -2.32. The molecule has 0 unspecified atom stereocenters. The van der Waals surface area contributed by atoms with E-state index in [0.717, 1.165) is 5.56 Å². The number of nitrogens with zero attached hydrogens (tertiary/aromatic N) is 4. The van der Waals surface area contributed by atoms with E-state index in [2.05, 4.69) is 20.5 Å². The predicted octanol–water partition coefficient (Wildman–Crippen LogP) is 1.08. The predicted molar refractivity (Wildman–Crippen MR) is 78.5 cm³/mol. The van der Waals surface area contributed by atoms with E-state index < -0.39 is 11.9 Å². The third-order valence-corrected chi connectivity index (χ3v) is 3.14. The molecule has 0 bridgehead atoms. The van der Waals surface area contributed by atoms with Gasteiger partial charge in [0.2, 0.25) is 11.6 Å². The summed E-state index contributed by atoms with van der Waals surface area (Å²) in [4.78, 5) is 15.3. The molecule has 1 atom stereocenters. The molecular formula is C14H14N6O. The van der Waals surface area contributed by atoms with Gasteiger partial charge in [0.05, 0.1) is 0 Å². The van der Waals surface area contributed by atoms with E-state index in [1.54, 1.807) is 19.3 Å². The minimum Gasteiger partial charge on any atom is -0.368 e. The fraction of sp³-hybridized carbons (Fsp3) is 0.143. The Morgan fingerprint density at radius 2 is 2.05 bits per heavy atom. The SMILES string of the molecule is C[C@@H](Nc1nccn2c(-c3ccccc3)nnc12)C(N)=O. The Hall–Kier alpha value is -2.96. The molecular weight excluding hydrogens is 268 g/mol. The van der Waals surface area contributed by atoms with Crippen molar-refractivity contribution in [2.45, 2.75) is 13.0 Å². The van der Waals surface area contributed by atoms with Crippen LogP contribution in [0.15, 0.2) is 42.7 Å². The Morgan fingerprint density at radius 3 is 2.76 bits per heavy atom. The number of primary amides is 1. The number of carbonyl (C=O) groups is 1. The van der Waals surface area contributed by atoms with Crippen molar-refractivity contribution in [2.24, 2.45) is 5.73 Å². The number of rotatable bonds is 4. The van der Waals surface area contributed by atoms with Crippen LogP contribution in [0.3, 0.4) is 0 Å². The zero-order chi connectivity index (χ0) is 14.8. The van der Waals surface area contributed by atoms with Gasteiger partial charge in [-0.15, -0.1) is 10.2 Å². The van der Waals surface area contributed by atoms with Crippen molar-refractivity contribution in [3.8, 4) is 11.4 Å². The summed E-state index contributed by atoms with van der Waals surface area (Å²) < 4.78 is 1.82. The number of amides is 1. The van der Waals surface area contributed by atoms with E-state index in [4.69, 9.17) is 5.73 Å². The molecule has 0 saturated heterocycles. The molecule has 3 N–H and O–H groups in total. The summed E-state index contributed by atoms with van der Waals surface area (Å²) in [6, 6.07) is 9.18. The second kappa shape index (κ2) is 5.20. The van der Waals surface area contributed by atoms with Crippen molar-refractivity contribution in [1.29, 1.82) is 0 Å². The molecule has 0 aliphatic rings. The lowest BCUT2D eigenvalue weighted by atomic mass is 10.2. The molecule has 7 heteroatoms. The third kappa shape index (κ3) is 2.40. The van der Waals surface area contributed by atoms with Gasteiger partial charge in [-0.1, -0.05) is 30.3 Å². The van der Waals surface area contributed by atoms with Crippen LogP contribution in [-0.2, 0) is 4.79 Å². The summed E-state index contributed by atoms with van der Waals surface area (Å²) >= 11 is 0. The molecule has 1 aromatic carbocycles. The van der Waals surface area contributed by atoms with Crippen LogP contribution in [-0.4, -0.2) is 31.5 Å². The van der Waals surface area contributed by atoms with Crippen LogP contribution < -0.4 is 11.1 Å². The molecule has 7 nitrogen and oxygen atoms in total. The first-order chi connectivity index (χ1) is 10.2. The van der Waals surface area contributed by atoms with Gasteiger partial charge in [0.25, 0.3) is 0 Å². The Labute approximate surface area is 120 Å². The van der Waals surface area contributed by atoms with Gasteiger partial charge in [0, 0.05) is 18.0 Å². The molecule has 1 amide bonds. The average Bonchev–Trinajstić information content (AvgIpc) is 2.93. The van der Waals surface area contributed by atoms with Crippen LogP contribution in [0.5, 0.6) is 0 Å². The highest BCUT2D eigenvalue weighted by Crippen LogP contribution is 2.20. The molecule has 2 aromatic heterocycles. The standard InChI is InChI=1S/C14H14N6O/c1-9(11(15)21)17-12-14-19-18-13(20(14)8-7-16-12)10-5-3-2-4-6-10/h2-9H,1H3,(H2,15,21)(H,16,17)/t9-/m1/s1. The van der Waals surface area contributed by atoms with Crippen molar-refractivity contribution in [3.63, 3.8) is 0 Å². The van der Waals surface area contributed by atoms with Gasteiger partial charge >= 0.3 is 0 Å². The van der Waals surface area contributed by atoms with E-state index in [1.165, 1.54) is 0 Å². The van der Waals surface area contributed by atoms with Crippen LogP contribution in [0, 0.1) is 0 Å². The van der Waals surface area contributed by atoms with Gasteiger partial charge in [-0.25, -0.2) is 4.98 Å². The Bertz CT molecular complexity index is 783. The molecule has 106 valence electrons. The van der Waals surface area contributed by atoms with Crippen LogP contribution >= 0.6 is 0 Å². The number of fused-ring (bicyclic) bond motifs is 1. The van der Waals surface area contributed by atoms with Crippen LogP contribution in [0.25, 0.3) is 17.0 Å². The third-order valence-electron chi connectivity index (χ3n) is 3.14. The first-order valence-electron chi connectivity index (χ1n) is 6.48. The largest absolute Gasteiger partial charge is 0.368 e. The molecule has 0 aliphatic carbocycles. The molecule has 0 radical (unpaired) electrons. The number of nitrogens with two attached hydrogens (primary N) is 1. The van der Waals surface area contributed by atoms with Crippen molar-refractivity contribution in [2.75, 3.05) is 5.32 Å². The second-order valence-electron chi connectivity index (χ2n) is 4.63. The monoisotopic (exact) mass is 282 g/mol. The lowest BCUT2D eigenvalue weighted by molar-refractivity contribution is -0.118. The quantitative estimate of drug-likeness (QED) is 0.746. The van der Waals surface area contributed by atoms with Crippen molar-refractivity contribution < 1.29 is 4.79 Å². The maximum atomic E-state index is 11.2. The van der Waals surface area contributed by atoms with E-state index in [0.29, 0.717) is 17.3 Å². The zero-order valence-electron chi connectivity index (χ0n) is 11.4. The lowest BCUT2D eigenvalue weighted by Gasteiger charge is -2.10. The van der Waals surface area contributed by atoms with E-state index >= 15 is 0 Å². The summed E-state index contributed by atoms with van der Waals surface area (Å²) in [5.41, 5.74) is 6.75. The first kappa shape index (κ1) is 13.0. The van der Waals surface area contributed by atoms with Gasteiger partial charge in [0.15, 0.2) is 11.6 Å². The Kier molecular flexibility index (Phi) is 3.23. The second-order valence-corrected chi connectivity index (χ2v) is 4.63. The number of benzene rings is 1. The first-order valence-corrected chi connectivity index (χ1v) is 6.48. The number of nitrogens with one attached hydrogen (secondary N) is 1. The van der Waals surface area contributed by atoms with Crippen LogP contribution in [0.4, 0.5) is 5.82 Å². The summed E-state index contributed by atoms with van der Waals surface area (Å²) in [6.45, 7) is 1.67. The van der Waals surface area contributed by atoms with Gasteiger partial charge in [0.1, 0.15) is 6.04 Å². The van der Waals surface area contributed by atoms with E-state index in [9.17, 15) is 4.79 Å². The average molecular weight is 282 g/mol. The molecule has 3 aromatic rings. The summed E-state index contributed by atoms with van der Waals surface area (Å²) in [5, 5.41) is 11.3. The Balaban J connectivity index is 2.06. The molecule has 3 rings (SSSR count). The van der Waals surface area contributed by atoms with Crippen molar-refractivity contribution >= 4 is 17.4 Å². The molecule has 0 fully saturated rings. The minimum atomic E-state index is -0.541. The number of hydrogen-bond donors (Lipinski definition) is 2. The Morgan fingerprint density at radius 1 is 1.29 bits per heavy atom. The summed E-state index contributed by atoms with van der Waals surface area (Å²) in [7, 11) is 0. The van der Waals surface area contributed by atoms with E-state index in [1.807, 2.05) is 34.7 Å². The minimum absolute atomic E-state index is 0.457. The summed E-state index contributed by atoms with van der Waals surface area (Å²) in [5.74, 6) is 0.725. The highest BCUT2D eigenvalue weighted by atomic mass is 16.1. The van der Waals surface area contributed by atoms with Crippen LogP contribution in [0.2, 0.25) is 0 Å². The highest BCUT2D eigenvalue weighted by Gasteiger charge is 2.15. The van der Waals surface area contributed by atoms with E-state index in [-0.39, 0.29) is 0 Å². The smallest absolute Gasteiger partial charge is 0.239 e. The fourth-order valence-corrected chi connectivity index (χ4v) is 1.99. The number of carbonyl (C=O) groups excluding carboxylic acids is 1. The maximum absolute atomic E-state index is 11.2. The molecule has 2 heterocycles. The van der Waals surface area contributed by atoms with Crippen LogP contribution in [0.1, 0.15) is 6.92 Å². The maximum Gasteiger partial charge on any atom is 0.239 e. The van der Waals surface area contributed by atoms with Crippen molar-refractivity contribution in [3.05, 3.63) is 42.7 Å². The van der Waals surface area contributed by atoms with Gasteiger partial charge in [-0.2, -0.15) is 0 Å². The van der Waals surface area contributed by atoms with Gasteiger partial charge < -0.3 is 11.1 Å². The number of anilines is 1. The molecule has 0 spiro atoms. The topological polar surface area (TPSA) is 98.2 Å². The molecule has 0 aliphatic heterocycles. The zero-order valence-corrected chi connectivity index (χ0v) is 11.4. The normalized spacial score (nSPS) is 12.2. The molecule has 0 saturated carbocycles. The number of aromatic nitrogens is 4. The summed E-state index contributed by atoms with van der Waals surface area (Å²) in [6.07, 6.45) is 3.40. The highest BCUT2D eigenvalue weighted by molar-refractivity contribution is 5.83. The van der Waals surface area contributed by atoms with Gasteiger partial charge in [-0.05, 0) is 6.92 Å². The fourth-order valence-electron chi connectivity index (χ4n) is 1.99. The number of hydrogen-bond acceptors (Lipinski definition) is 5.